The lowest BCUT2D eigenvalue weighted by Gasteiger charge is -2.22. The van der Waals surface area contributed by atoms with Crippen molar-refractivity contribution in [1.82, 2.24) is 15.1 Å². The maximum Gasteiger partial charge on any atom is 0.277 e. The van der Waals surface area contributed by atoms with Gasteiger partial charge in [-0.3, -0.25) is 4.79 Å². The van der Waals surface area contributed by atoms with Crippen molar-refractivity contribution >= 4 is 23.4 Å². The lowest BCUT2D eigenvalue weighted by atomic mass is 10.1. The van der Waals surface area contributed by atoms with Gasteiger partial charge in [0.15, 0.2) is 5.82 Å². The third kappa shape index (κ3) is 2.84. The molecule has 1 amide bonds. The van der Waals surface area contributed by atoms with E-state index in [1.54, 1.807) is 30.2 Å². The summed E-state index contributed by atoms with van der Waals surface area (Å²) < 4.78 is 5.01. The average Bonchev–Trinajstić information content (AvgIpc) is 3.16. The lowest BCUT2D eigenvalue weighted by molar-refractivity contribution is 0.0976. The summed E-state index contributed by atoms with van der Waals surface area (Å²) >= 11 is 0. The molecule has 25 heavy (non-hydrogen) atoms. The molecule has 1 aliphatic rings. The number of amides is 1. The quantitative estimate of drug-likeness (QED) is 0.792. The van der Waals surface area contributed by atoms with Gasteiger partial charge in [-0.1, -0.05) is 23.4 Å². The van der Waals surface area contributed by atoms with Crippen LogP contribution in [0.3, 0.4) is 0 Å². The van der Waals surface area contributed by atoms with Crippen molar-refractivity contribution in [3.63, 3.8) is 0 Å². The van der Waals surface area contributed by atoms with Crippen molar-refractivity contribution in [1.29, 1.82) is 0 Å². The van der Waals surface area contributed by atoms with E-state index in [1.165, 1.54) is 5.56 Å². The summed E-state index contributed by atoms with van der Waals surface area (Å²) in [7, 11) is 0. The van der Waals surface area contributed by atoms with Crippen LogP contribution in [0, 0.1) is 6.92 Å². The van der Waals surface area contributed by atoms with Gasteiger partial charge in [0.25, 0.3) is 5.91 Å². The lowest BCUT2D eigenvalue weighted by Crippen LogP contribution is -2.36. The minimum Gasteiger partial charge on any atom is -0.360 e. The van der Waals surface area contributed by atoms with E-state index in [4.69, 9.17) is 4.52 Å². The van der Waals surface area contributed by atoms with Gasteiger partial charge in [-0.05, 0) is 38.0 Å². The second-order valence-electron chi connectivity index (χ2n) is 6.07. The Balaban J connectivity index is 1.61. The van der Waals surface area contributed by atoms with Crippen LogP contribution in [-0.2, 0) is 6.42 Å². The SMILES string of the molecule is Cc1cc(Nc2nccc(C(=O)N3c4ccccc4CC3C)n2)no1. The van der Waals surface area contributed by atoms with Gasteiger partial charge >= 0.3 is 0 Å². The van der Waals surface area contributed by atoms with Crippen LogP contribution in [0.25, 0.3) is 0 Å². The van der Waals surface area contributed by atoms with Gasteiger partial charge in [0.2, 0.25) is 5.95 Å². The molecule has 1 aromatic carbocycles. The largest absolute Gasteiger partial charge is 0.360 e. The number of nitrogens with one attached hydrogen (secondary N) is 1. The number of rotatable bonds is 3. The number of carbonyl (C=O) groups excluding carboxylic acids is 1. The molecular weight excluding hydrogens is 318 g/mol. The monoisotopic (exact) mass is 335 g/mol. The molecule has 126 valence electrons. The number of fused-ring (bicyclic) bond motifs is 1. The number of anilines is 3. The van der Waals surface area contributed by atoms with E-state index in [0.717, 1.165) is 12.1 Å². The standard InChI is InChI=1S/C18H17N5O2/c1-11-9-13-5-3-4-6-15(13)23(11)17(24)14-7-8-19-18(20-14)21-16-10-12(2)25-22-16/h3-8,10-11H,9H2,1-2H3,(H,19,20,21,22). The number of aryl methyl sites for hydroxylation is 1. The molecule has 1 atom stereocenters. The van der Waals surface area contributed by atoms with Crippen molar-refractivity contribution in [2.24, 2.45) is 0 Å². The van der Waals surface area contributed by atoms with Crippen molar-refractivity contribution in [2.75, 3.05) is 10.2 Å². The highest BCUT2D eigenvalue weighted by atomic mass is 16.5. The number of nitrogens with zero attached hydrogens (tertiary/aromatic N) is 4. The number of hydrogen-bond donors (Lipinski definition) is 1. The summed E-state index contributed by atoms with van der Waals surface area (Å²) in [5.74, 6) is 1.35. The Morgan fingerprint density at radius 3 is 2.96 bits per heavy atom. The molecule has 1 N–H and O–H groups in total. The minimum absolute atomic E-state index is 0.0921. The first-order chi connectivity index (χ1) is 12.1. The van der Waals surface area contributed by atoms with Gasteiger partial charge in [-0.15, -0.1) is 0 Å². The second kappa shape index (κ2) is 6.01. The van der Waals surface area contributed by atoms with Gasteiger partial charge in [0.05, 0.1) is 0 Å². The highest BCUT2D eigenvalue weighted by Gasteiger charge is 2.31. The fraction of sp³-hybridized carbons (Fsp3) is 0.222. The second-order valence-corrected chi connectivity index (χ2v) is 6.07. The van der Waals surface area contributed by atoms with Gasteiger partial charge < -0.3 is 14.7 Å². The van der Waals surface area contributed by atoms with Crippen LogP contribution in [0.2, 0.25) is 0 Å². The number of hydrogen-bond acceptors (Lipinski definition) is 6. The van der Waals surface area contributed by atoms with Crippen LogP contribution < -0.4 is 10.2 Å². The molecule has 3 aromatic rings. The Bertz CT molecular complexity index is 936. The van der Waals surface area contributed by atoms with E-state index in [0.29, 0.717) is 23.2 Å². The van der Waals surface area contributed by atoms with E-state index in [1.807, 2.05) is 25.1 Å². The Kier molecular flexibility index (Phi) is 3.68. The Morgan fingerprint density at radius 2 is 2.16 bits per heavy atom. The average molecular weight is 335 g/mol. The topological polar surface area (TPSA) is 84.2 Å². The fourth-order valence-corrected chi connectivity index (χ4v) is 3.08. The van der Waals surface area contributed by atoms with Crippen LogP contribution in [-0.4, -0.2) is 27.1 Å². The van der Waals surface area contributed by atoms with E-state index in [2.05, 4.69) is 26.5 Å². The van der Waals surface area contributed by atoms with E-state index in [-0.39, 0.29) is 11.9 Å². The molecule has 2 aromatic heterocycles. The summed E-state index contributed by atoms with van der Waals surface area (Å²) in [6.07, 6.45) is 2.40. The summed E-state index contributed by atoms with van der Waals surface area (Å²) in [6, 6.07) is 11.4. The first-order valence-electron chi connectivity index (χ1n) is 8.06. The number of aromatic nitrogens is 3. The molecule has 0 aliphatic carbocycles. The smallest absolute Gasteiger partial charge is 0.277 e. The first kappa shape index (κ1) is 15.3. The zero-order valence-electron chi connectivity index (χ0n) is 13.9. The minimum atomic E-state index is -0.140. The maximum absolute atomic E-state index is 13.0. The molecule has 3 heterocycles. The van der Waals surface area contributed by atoms with Crippen LogP contribution in [0.5, 0.6) is 0 Å². The molecule has 4 rings (SSSR count). The van der Waals surface area contributed by atoms with Gasteiger partial charge in [0, 0.05) is 24.0 Å². The highest BCUT2D eigenvalue weighted by molar-refractivity contribution is 6.06. The van der Waals surface area contributed by atoms with E-state index >= 15 is 0 Å². The number of carbonyl (C=O) groups is 1. The van der Waals surface area contributed by atoms with Gasteiger partial charge in [0.1, 0.15) is 11.5 Å². The molecule has 1 unspecified atom stereocenters. The molecule has 0 radical (unpaired) electrons. The predicted molar refractivity (Wildman–Crippen MR) is 93.0 cm³/mol. The molecule has 0 saturated carbocycles. The maximum atomic E-state index is 13.0. The van der Waals surface area contributed by atoms with Crippen LogP contribution >= 0.6 is 0 Å². The molecular formula is C18H17N5O2. The Morgan fingerprint density at radius 1 is 1.32 bits per heavy atom. The van der Waals surface area contributed by atoms with Gasteiger partial charge in [-0.2, -0.15) is 0 Å². The fourth-order valence-electron chi connectivity index (χ4n) is 3.08. The predicted octanol–water partition coefficient (Wildman–Crippen LogP) is 3.11. The third-order valence-electron chi connectivity index (χ3n) is 4.17. The van der Waals surface area contributed by atoms with Crippen LogP contribution in [0.15, 0.2) is 47.1 Å². The molecule has 0 fully saturated rings. The van der Waals surface area contributed by atoms with Crippen molar-refractivity contribution in [2.45, 2.75) is 26.3 Å². The molecule has 0 bridgehead atoms. The van der Waals surface area contributed by atoms with Crippen molar-refractivity contribution in [3.05, 3.63) is 59.6 Å². The van der Waals surface area contributed by atoms with E-state index < -0.39 is 0 Å². The molecule has 0 saturated heterocycles. The van der Waals surface area contributed by atoms with E-state index in [9.17, 15) is 4.79 Å². The third-order valence-corrected chi connectivity index (χ3v) is 4.17. The Hall–Kier alpha value is -3.22. The zero-order chi connectivity index (χ0) is 17.4. The van der Waals surface area contributed by atoms with Crippen LogP contribution in [0.1, 0.15) is 28.7 Å². The summed E-state index contributed by atoms with van der Waals surface area (Å²) in [5.41, 5.74) is 2.45. The summed E-state index contributed by atoms with van der Waals surface area (Å²) in [4.78, 5) is 23.3. The molecule has 7 nitrogen and oxygen atoms in total. The van der Waals surface area contributed by atoms with Crippen molar-refractivity contribution in [3.8, 4) is 0 Å². The van der Waals surface area contributed by atoms with Crippen molar-refractivity contribution < 1.29 is 9.32 Å². The van der Waals surface area contributed by atoms with Gasteiger partial charge in [-0.25, -0.2) is 9.97 Å². The molecule has 1 aliphatic heterocycles. The number of benzene rings is 1. The highest BCUT2D eigenvalue weighted by Crippen LogP contribution is 2.32. The Labute approximate surface area is 144 Å². The van der Waals surface area contributed by atoms with Crippen LogP contribution in [0.4, 0.5) is 17.5 Å². The molecule has 7 heteroatoms. The first-order valence-corrected chi connectivity index (χ1v) is 8.06. The summed E-state index contributed by atoms with van der Waals surface area (Å²) in [6.45, 7) is 3.83. The normalized spacial score (nSPS) is 15.9. The molecule has 0 spiro atoms. The zero-order valence-corrected chi connectivity index (χ0v) is 13.9. The summed E-state index contributed by atoms with van der Waals surface area (Å²) in [5, 5.41) is 6.79. The number of para-hydroxylation sites is 1.